The Morgan fingerprint density at radius 1 is 1.44 bits per heavy atom. The maximum Gasteiger partial charge on any atom is 0.251 e. The van der Waals surface area contributed by atoms with Crippen molar-refractivity contribution in [1.29, 1.82) is 0 Å². The quantitative estimate of drug-likeness (QED) is 0.891. The predicted octanol–water partition coefficient (Wildman–Crippen LogP) is 2.43. The summed E-state index contributed by atoms with van der Waals surface area (Å²) in [6.45, 7) is 0.449. The second-order valence-corrected chi connectivity index (χ2v) is 3.30. The maximum absolute atomic E-state index is 11.3. The molecular formula is C11H15ClFNO2. The van der Waals surface area contributed by atoms with Gasteiger partial charge in [-0.2, -0.15) is 0 Å². The summed E-state index contributed by atoms with van der Waals surface area (Å²) in [6.07, 6.45) is 0. The average molecular weight is 248 g/mol. The van der Waals surface area contributed by atoms with E-state index >= 15 is 0 Å². The molecule has 0 aliphatic heterocycles. The summed E-state index contributed by atoms with van der Waals surface area (Å²) in [7, 11) is 3.68. The molecule has 0 aromatic heterocycles. The molecule has 1 rings (SSSR count). The molecule has 0 aliphatic rings. The zero-order valence-electron chi connectivity index (χ0n) is 9.51. The maximum atomic E-state index is 11.3. The first kappa shape index (κ1) is 14.9. The van der Waals surface area contributed by atoms with Crippen molar-refractivity contribution in [3.05, 3.63) is 34.3 Å². The molecule has 0 unspecified atom stereocenters. The molecule has 0 saturated heterocycles. The standard InChI is InChI=1S/C10H12ClNO2.CH3F/c1-12-10(13)8-3-7(6-14-2)4-9(11)5-8;1-2/h3-5H,6H2,1-2H3,(H,12,13);1H3. The second-order valence-electron chi connectivity index (χ2n) is 2.86. The first-order valence-electron chi connectivity index (χ1n) is 4.55. The molecule has 0 radical (unpaired) electrons. The van der Waals surface area contributed by atoms with E-state index in [2.05, 4.69) is 5.32 Å². The fraction of sp³-hybridized carbons (Fsp3) is 0.364. The largest absolute Gasteiger partial charge is 0.380 e. The lowest BCUT2D eigenvalue weighted by atomic mass is 10.1. The molecule has 0 spiro atoms. The third-order valence-electron chi connectivity index (χ3n) is 1.76. The van der Waals surface area contributed by atoms with Crippen LogP contribution in [0.15, 0.2) is 18.2 Å². The smallest absolute Gasteiger partial charge is 0.251 e. The molecular weight excluding hydrogens is 233 g/mol. The number of hydrogen-bond donors (Lipinski definition) is 1. The summed E-state index contributed by atoms with van der Waals surface area (Å²) in [6, 6.07) is 5.16. The summed E-state index contributed by atoms with van der Waals surface area (Å²) in [4.78, 5) is 11.3. The Morgan fingerprint density at radius 3 is 2.56 bits per heavy atom. The van der Waals surface area contributed by atoms with Gasteiger partial charge in [-0.05, 0) is 23.8 Å². The van der Waals surface area contributed by atoms with Crippen molar-refractivity contribution in [3.8, 4) is 0 Å². The number of amides is 1. The first-order valence-corrected chi connectivity index (χ1v) is 4.93. The average Bonchev–Trinajstić information content (AvgIpc) is 2.30. The van der Waals surface area contributed by atoms with Crippen LogP contribution in [0.3, 0.4) is 0 Å². The lowest BCUT2D eigenvalue weighted by Crippen LogP contribution is -2.17. The van der Waals surface area contributed by atoms with E-state index in [9.17, 15) is 9.18 Å². The Hall–Kier alpha value is -1.13. The fourth-order valence-electron chi connectivity index (χ4n) is 1.18. The first-order chi connectivity index (χ1) is 7.67. The van der Waals surface area contributed by atoms with Gasteiger partial charge in [0, 0.05) is 24.7 Å². The topological polar surface area (TPSA) is 38.3 Å². The number of halogens is 2. The number of methoxy groups -OCH3 is 1. The molecule has 1 aromatic carbocycles. The van der Waals surface area contributed by atoms with Gasteiger partial charge in [0.15, 0.2) is 0 Å². The van der Waals surface area contributed by atoms with Crippen molar-refractivity contribution < 1.29 is 13.9 Å². The fourth-order valence-corrected chi connectivity index (χ4v) is 1.43. The van der Waals surface area contributed by atoms with E-state index < -0.39 is 0 Å². The van der Waals surface area contributed by atoms with Crippen molar-refractivity contribution in [2.24, 2.45) is 0 Å². The minimum Gasteiger partial charge on any atom is -0.380 e. The van der Waals surface area contributed by atoms with Gasteiger partial charge in [-0.3, -0.25) is 9.18 Å². The number of carbonyl (C=O) groups excluding carboxylic acids is 1. The van der Waals surface area contributed by atoms with Gasteiger partial charge >= 0.3 is 0 Å². The van der Waals surface area contributed by atoms with Crippen LogP contribution in [0.2, 0.25) is 5.02 Å². The highest BCUT2D eigenvalue weighted by atomic mass is 35.5. The van der Waals surface area contributed by atoms with Crippen LogP contribution in [0, 0.1) is 0 Å². The highest BCUT2D eigenvalue weighted by Crippen LogP contribution is 2.15. The molecule has 0 fully saturated rings. The summed E-state index contributed by atoms with van der Waals surface area (Å²) in [5.41, 5.74) is 1.44. The lowest BCUT2D eigenvalue weighted by molar-refractivity contribution is 0.0962. The van der Waals surface area contributed by atoms with Crippen molar-refractivity contribution in [3.63, 3.8) is 0 Å². The number of carbonyl (C=O) groups is 1. The minimum absolute atomic E-state index is 0.148. The van der Waals surface area contributed by atoms with E-state index in [1.54, 1.807) is 32.4 Å². The highest BCUT2D eigenvalue weighted by molar-refractivity contribution is 6.31. The SMILES string of the molecule is CF.CNC(=O)c1cc(Cl)cc(COC)c1. The molecule has 0 bridgehead atoms. The van der Waals surface area contributed by atoms with Crippen molar-refractivity contribution in [2.45, 2.75) is 6.61 Å². The zero-order chi connectivity index (χ0) is 12.6. The van der Waals surface area contributed by atoms with E-state index in [1.807, 2.05) is 0 Å². The number of nitrogens with one attached hydrogen (secondary N) is 1. The summed E-state index contributed by atoms with van der Waals surface area (Å²) in [5, 5.41) is 3.08. The third-order valence-corrected chi connectivity index (χ3v) is 1.98. The van der Waals surface area contributed by atoms with Gasteiger partial charge in [0.05, 0.1) is 13.8 Å². The number of alkyl halides is 1. The lowest BCUT2D eigenvalue weighted by Gasteiger charge is -2.04. The molecule has 16 heavy (non-hydrogen) atoms. The number of rotatable bonds is 3. The summed E-state index contributed by atoms with van der Waals surface area (Å²) >= 11 is 5.85. The molecule has 5 heteroatoms. The monoisotopic (exact) mass is 247 g/mol. The number of ether oxygens (including phenoxy) is 1. The van der Waals surface area contributed by atoms with Crippen LogP contribution in [0.25, 0.3) is 0 Å². The van der Waals surface area contributed by atoms with Gasteiger partial charge in [0.25, 0.3) is 5.91 Å². The van der Waals surface area contributed by atoms with Crippen molar-refractivity contribution in [1.82, 2.24) is 5.32 Å². The number of benzene rings is 1. The predicted molar refractivity (Wildman–Crippen MR) is 62.6 cm³/mol. The summed E-state index contributed by atoms with van der Waals surface area (Å²) < 4.78 is 14.5. The van der Waals surface area contributed by atoms with Gasteiger partial charge in [-0.1, -0.05) is 11.6 Å². The van der Waals surface area contributed by atoms with E-state index in [1.165, 1.54) is 0 Å². The van der Waals surface area contributed by atoms with Gasteiger partial charge in [-0.15, -0.1) is 0 Å². The van der Waals surface area contributed by atoms with Crippen LogP contribution >= 0.6 is 11.6 Å². The molecule has 0 heterocycles. The molecule has 0 atom stereocenters. The van der Waals surface area contributed by atoms with Crippen LogP contribution in [0.4, 0.5) is 4.39 Å². The third kappa shape index (κ3) is 4.59. The van der Waals surface area contributed by atoms with Gasteiger partial charge < -0.3 is 10.1 Å². The Morgan fingerprint density at radius 2 is 2.06 bits per heavy atom. The van der Waals surface area contributed by atoms with Crippen molar-refractivity contribution >= 4 is 17.5 Å². The molecule has 1 N–H and O–H groups in total. The molecule has 0 aliphatic carbocycles. The highest BCUT2D eigenvalue weighted by Gasteiger charge is 2.05. The van der Waals surface area contributed by atoms with E-state index in [-0.39, 0.29) is 5.91 Å². The Balaban J connectivity index is 0.00000106. The van der Waals surface area contributed by atoms with E-state index in [0.29, 0.717) is 24.4 Å². The molecule has 0 saturated carbocycles. The molecule has 1 amide bonds. The second kappa shape index (κ2) is 8.07. The summed E-state index contributed by atoms with van der Waals surface area (Å²) in [5.74, 6) is -0.148. The Bertz CT molecular complexity index is 345. The number of hydrogen-bond acceptors (Lipinski definition) is 2. The Labute approximate surface area is 99.6 Å². The van der Waals surface area contributed by atoms with Gasteiger partial charge in [0.1, 0.15) is 0 Å². The van der Waals surface area contributed by atoms with Crippen LogP contribution in [0.1, 0.15) is 15.9 Å². The van der Waals surface area contributed by atoms with Gasteiger partial charge in [-0.25, -0.2) is 0 Å². The van der Waals surface area contributed by atoms with Crippen LogP contribution in [-0.4, -0.2) is 27.2 Å². The van der Waals surface area contributed by atoms with Gasteiger partial charge in [0.2, 0.25) is 0 Å². The van der Waals surface area contributed by atoms with E-state index in [0.717, 1.165) is 5.56 Å². The van der Waals surface area contributed by atoms with Crippen molar-refractivity contribution in [2.75, 3.05) is 21.3 Å². The van der Waals surface area contributed by atoms with Crippen LogP contribution in [0.5, 0.6) is 0 Å². The van der Waals surface area contributed by atoms with E-state index in [4.69, 9.17) is 16.3 Å². The van der Waals surface area contributed by atoms with Crippen LogP contribution in [-0.2, 0) is 11.3 Å². The molecule has 3 nitrogen and oxygen atoms in total. The molecule has 1 aromatic rings. The molecule has 90 valence electrons. The zero-order valence-corrected chi connectivity index (χ0v) is 10.3. The Kier molecular flexibility index (Phi) is 7.50. The normalized spacial score (nSPS) is 9.06. The minimum atomic E-state index is -0.148. The van der Waals surface area contributed by atoms with Crippen LogP contribution < -0.4 is 5.32 Å².